The molecule has 3 heteroatoms. The molecule has 2 rings (SSSR count). The Bertz CT molecular complexity index is 432. The van der Waals surface area contributed by atoms with Gasteiger partial charge in [0.2, 0.25) is 0 Å². The molecule has 0 unspecified atom stereocenters. The summed E-state index contributed by atoms with van der Waals surface area (Å²) in [6, 6.07) is 0. The highest BCUT2D eigenvalue weighted by Gasteiger charge is 2.29. The molecule has 1 aromatic rings. The van der Waals surface area contributed by atoms with Crippen molar-refractivity contribution in [3.8, 4) is 0 Å². The topological polar surface area (TPSA) is 43.8 Å². The number of nitrogens with zero attached hydrogens (tertiary/aromatic N) is 2. The van der Waals surface area contributed by atoms with Crippen molar-refractivity contribution in [3.63, 3.8) is 0 Å². The first-order valence-corrected chi connectivity index (χ1v) is 7.72. The third-order valence-corrected chi connectivity index (χ3v) is 4.40. The minimum absolute atomic E-state index is 0.0165. The average molecular weight is 263 g/mol. The molecule has 2 N–H and O–H groups in total. The number of aromatic nitrogens is 2. The van der Waals surface area contributed by atoms with Crippen LogP contribution in [0.2, 0.25) is 0 Å². The highest BCUT2D eigenvalue weighted by atomic mass is 15.2. The van der Waals surface area contributed by atoms with Crippen molar-refractivity contribution in [2.45, 2.75) is 78.2 Å². The molecule has 0 aromatic carbocycles. The molecule has 1 aromatic heterocycles. The Balaban J connectivity index is 2.35. The Hall–Kier alpha value is -0.990. The SMILES string of the molecule is CCc1nc(C2CCC(C)CC2)c(N)n1C(C)(C)C. The van der Waals surface area contributed by atoms with Crippen LogP contribution in [-0.4, -0.2) is 9.55 Å². The van der Waals surface area contributed by atoms with E-state index in [-0.39, 0.29) is 5.54 Å². The fourth-order valence-electron chi connectivity index (χ4n) is 3.32. The standard InChI is InChI=1S/C16H29N3/c1-6-13-18-14(12-9-7-11(2)8-10-12)15(17)19(13)16(3,4)5/h11-12H,6-10,17H2,1-5H3. The summed E-state index contributed by atoms with van der Waals surface area (Å²) < 4.78 is 2.24. The highest BCUT2D eigenvalue weighted by molar-refractivity contribution is 5.42. The van der Waals surface area contributed by atoms with E-state index < -0.39 is 0 Å². The Labute approximate surface area is 117 Å². The number of hydrogen-bond donors (Lipinski definition) is 1. The first kappa shape index (κ1) is 14.4. The summed E-state index contributed by atoms with van der Waals surface area (Å²) in [5.74, 6) is 3.49. The summed E-state index contributed by atoms with van der Waals surface area (Å²) in [6.07, 6.45) is 6.07. The molecule has 0 atom stereocenters. The van der Waals surface area contributed by atoms with E-state index in [1.165, 1.54) is 31.4 Å². The lowest BCUT2D eigenvalue weighted by atomic mass is 9.81. The molecule has 0 radical (unpaired) electrons. The maximum atomic E-state index is 6.43. The van der Waals surface area contributed by atoms with Gasteiger partial charge in [-0.3, -0.25) is 0 Å². The van der Waals surface area contributed by atoms with Crippen molar-refractivity contribution in [2.75, 3.05) is 5.73 Å². The lowest BCUT2D eigenvalue weighted by molar-refractivity contribution is 0.344. The van der Waals surface area contributed by atoms with Crippen LogP contribution in [-0.2, 0) is 12.0 Å². The number of nitrogen functional groups attached to an aromatic ring is 1. The monoisotopic (exact) mass is 263 g/mol. The normalized spacial score (nSPS) is 24.7. The van der Waals surface area contributed by atoms with Gasteiger partial charge in [-0.1, -0.05) is 26.7 Å². The average Bonchev–Trinajstić information content (AvgIpc) is 2.67. The van der Waals surface area contributed by atoms with E-state index in [4.69, 9.17) is 10.7 Å². The summed E-state index contributed by atoms with van der Waals surface area (Å²) in [7, 11) is 0. The van der Waals surface area contributed by atoms with Crippen LogP contribution in [0.1, 0.15) is 77.7 Å². The molecule has 108 valence electrons. The third-order valence-electron chi connectivity index (χ3n) is 4.40. The molecule has 1 aliphatic rings. The van der Waals surface area contributed by atoms with Gasteiger partial charge in [0.1, 0.15) is 11.6 Å². The van der Waals surface area contributed by atoms with Gasteiger partial charge >= 0.3 is 0 Å². The molecule has 3 nitrogen and oxygen atoms in total. The zero-order valence-electron chi connectivity index (χ0n) is 13.2. The first-order chi connectivity index (χ1) is 8.84. The predicted octanol–water partition coefficient (Wildman–Crippen LogP) is 4.08. The first-order valence-electron chi connectivity index (χ1n) is 7.72. The van der Waals surface area contributed by atoms with Gasteiger partial charge < -0.3 is 10.3 Å². The minimum atomic E-state index is 0.0165. The molecule has 1 saturated carbocycles. The fraction of sp³-hybridized carbons (Fsp3) is 0.812. The Kier molecular flexibility index (Phi) is 3.93. The smallest absolute Gasteiger partial charge is 0.127 e. The molecule has 0 amide bonds. The number of aryl methyl sites for hydroxylation is 1. The molecule has 0 bridgehead atoms. The number of anilines is 1. The van der Waals surface area contributed by atoms with Crippen LogP contribution in [0.25, 0.3) is 0 Å². The second-order valence-electron chi connectivity index (χ2n) is 7.12. The zero-order chi connectivity index (χ0) is 14.2. The van der Waals surface area contributed by atoms with Crippen molar-refractivity contribution in [1.29, 1.82) is 0 Å². The third kappa shape index (κ3) is 2.80. The largest absolute Gasteiger partial charge is 0.384 e. The Morgan fingerprint density at radius 1 is 1.21 bits per heavy atom. The second kappa shape index (κ2) is 5.18. The quantitative estimate of drug-likeness (QED) is 0.874. The molecular formula is C16H29N3. The number of imidazole rings is 1. The van der Waals surface area contributed by atoms with Crippen LogP contribution in [0.5, 0.6) is 0 Å². The highest BCUT2D eigenvalue weighted by Crippen LogP contribution is 2.39. The molecule has 1 fully saturated rings. The minimum Gasteiger partial charge on any atom is -0.384 e. The molecule has 0 saturated heterocycles. The zero-order valence-corrected chi connectivity index (χ0v) is 13.2. The molecule has 1 heterocycles. The van der Waals surface area contributed by atoms with Crippen molar-refractivity contribution in [1.82, 2.24) is 9.55 Å². The summed E-state index contributed by atoms with van der Waals surface area (Å²) in [5.41, 5.74) is 7.61. The van der Waals surface area contributed by atoms with Gasteiger partial charge in [-0.05, 0) is 39.5 Å². The van der Waals surface area contributed by atoms with Gasteiger partial charge in [0.05, 0.1) is 5.69 Å². The van der Waals surface area contributed by atoms with Crippen LogP contribution < -0.4 is 5.73 Å². The van der Waals surface area contributed by atoms with E-state index in [9.17, 15) is 0 Å². The van der Waals surface area contributed by atoms with Crippen LogP contribution in [0.4, 0.5) is 5.82 Å². The predicted molar refractivity (Wildman–Crippen MR) is 81.4 cm³/mol. The second-order valence-corrected chi connectivity index (χ2v) is 7.12. The molecular weight excluding hydrogens is 234 g/mol. The number of nitrogens with two attached hydrogens (primary N) is 1. The van der Waals surface area contributed by atoms with E-state index in [0.717, 1.165) is 24.0 Å². The summed E-state index contributed by atoms with van der Waals surface area (Å²) in [5, 5.41) is 0. The van der Waals surface area contributed by atoms with Crippen LogP contribution >= 0.6 is 0 Å². The van der Waals surface area contributed by atoms with Gasteiger partial charge in [0.15, 0.2) is 0 Å². The van der Waals surface area contributed by atoms with E-state index in [1.807, 2.05) is 0 Å². The Morgan fingerprint density at radius 3 is 2.21 bits per heavy atom. The number of rotatable bonds is 2. The van der Waals surface area contributed by atoms with Crippen molar-refractivity contribution >= 4 is 5.82 Å². The van der Waals surface area contributed by atoms with E-state index in [1.54, 1.807) is 0 Å². The fourth-order valence-corrected chi connectivity index (χ4v) is 3.32. The Morgan fingerprint density at radius 2 is 1.79 bits per heavy atom. The lowest BCUT2D eigenvalue weighted by Gasteiger charge is -2.27. The molecule has 1 aliphatic carbocycles. The van der Waals surface area contributed by atoms with Crippen molar-refractivity contribution in [3.05, 3.63) is 11.5 Å². The maximum absolute atomic E-state index is 6.43. The maximum Gasteiger partial charge on any atom is 0.127 e. The van der Waals surface area contributed by atoms with Gasteiger partial charge in [-0.15, -0.1) is 0 Å². The van der Waals surface area contributed by atoms with Crippen molar-refractivity contribution in [2.24, 2.45) is 5.92 Å². The molecule has 19 heavy (non-hydrogen) atoms. The van der Waals surface area contributed by atoms with E-state index in [0.29, 0.717) is 5.92 Å². The van der Waals surface area contributed by atoms with Gasteiger partial charge in [0, 0.05) is 17.9 Å². The van der Waals surface area contributed by atoms with Crippen LogP contribution in [0.15, 0.2) is 0 Å². The van der Waals surface area contributed by atoms with Gasteiger partial charge in [-0.2, -0.15) is 0 Å². The molecule has 0 aliphatic heterocycles. The molecule has 0 spiro atoms. The van der Waals surface area contributed by atoms with Crippen LogP contribution in [0, 0.1) is 5.92 Å². The summed E-state index contributed by atoms with van der Waals surface area (Å²) >= 11 is 0. The van der Waals surface area contributed by atoms with Crippen LogP contribution in [0.3, 0.4) is 0 Å². The van der Waals surface area contributed by atoms with E-state index in [2.05, 4.69) is 39.2 Å². The van der Waals surface area contributed by atoms with Gasteiger partial charge in [0.25, 0.3) is 0 Å². The van der Waals surface area contributed by atoms with Crippen molar-refractivity contribution < 1.29 is 0 Å². The van der Waals surface area contributed by atoms with E-state index >= 15 is 0 Å². The number of hydrogen-bond acceptors (Lipinski definition) is 2. The lowest BCUT2D eigenvalue weighted by Crippen LogP contribution is -2.25. The van der Waals surface area contributed by atoms with Gasteiger partial charge in [-0.25, -0.2) is 4.98 Å². The summed E-state index contributed by atoms with van der Waals surface area (Å²) in [6.45, 7) is 11.1. The summed E-state index contributed by atoms with van der Waals surface area (Å²) in [4.78, 5) is 4.88.